The zero-order chi connectivity index (χ0) is 21.3. The van der Waals surface area contributed by atoms with Gasteiger partial charge in [0.15, 0.2) is 0 Å². The molecular weight excluding hydrogens is 398 g/mol. The maximum Gasteiger partial charge on any atom is 0.295 e. The van der Waals surface area contributed by atoms with Gasteiger partial charge in [-0.15, -0.1) is 11.3 Å². The molecule has 0 spiro atoms. The molecule has 0 bridgehead atoms. The molecule has 2 aromatic carbocycles. The molecule has 1 saturated heterocycles. The number of thiophene rings is 1. The van der Waals surface area contributed by atoms with E-state index in [0.29, 0.717) is 12.2 Å². The number of hydrogen-bond acceptors (Lipinski definition) is 5. The molecule has 4 rings (SSSR count). The van der Waals surface area contributed by atoms with Gasteiger partial charge in [0, 0.05) is 17.0 Å². The molecule has 1 unspecified atom stereocenters. The Hall–Kier alpha value is -2.96. The average Bonchev–Trinajstić information content (AvgIpc) is 3.35. The summed E-state index contributed by atoms with van der Waals surface area (Å²) in [6.45, 7) is 4.44. The molecule has 5 nitrogen and oxygen atoms in total. The van der Waals surface area contributed by atoms with Crippen molar-refractivity contribution in [2.24, 2.45) is 0 Å². The van der Waals surface area contributed by atoms with Crippen molar-refractivity contribution < 1.29 is 19.4 Å². The van der Waals surface area contributed by atoms with Gasteiger partial charge in [0.05, 0.1) is 24.3 Å². The molecule has 0 radical (unpaired) electrons. The van der Waals surface area contributed by atoms with Crippen LogP contribution in [0.1, 0.15) is 30.3 Å². The van der Waals surface area contributed by atoms with Crippen molar-refractivity contribution in [3.05, 3.63) is 76.0 Å². The first-order chi connectivity index (χ1) is 14.5. The third-order valence-corrected chi connectivity index (χ3v) is 6.08. The fourth-order valence-corrected chi connectivity index (χ4v) is 4.58. The Balaban J connectivity index is 1.78. The summed E-state index contributed by atoms with van der Waals surface area (Å²) in [5, 5.41) is 15.0. The van der Waals surface area contributed by atoms with E-state index in [1.807, 2.05) is 67.8 Å². The number of benzene rings is 2. The first-order valence-electron chi connectivity index (χ1n) is 9.90. The van der Waals surface area contributed by atoms with E-state index in [9.17, 15) is 14.7 Å². The van der Waals surface area contributed by atoms with Crippen LogP contribution in [0.3, 0.4) is 0 Å². The minimum atomic E-state index is -0.663. The van der Waals surface area contributed by atoms with Gasteiger partial charge >= 0.3 is 0 Å². The predicted octanol–water partition coefficient (Wildman–Crippen LogP) is 4.75. The molecule has 154 valence electrons. The van der Waals surface area contributed by atoms with Gasteiger partial charge in [-0.25, -0.2) is 0 Å². The molecule has 0 saturated carbocycles. The number of aliphatic hydroxyl groups excluding tert-OH is 1. The number of fused-ring (bicyclic) bond motifs is 1. The van der Waals surface area contributed by atoms with Gasteiger partial charge in [-0.1, -0.05) is 42.5 Å². The van der Waals surface area contributed by atoms with Gasteiger partial charge in [0.25, 0.3) is 11.7 Å². The number of ether oxygens (including phenoxy) is 1. The molecule has 1 aliphatic rings. The van der Waals surface area contributed by atoms with E-state index >= 15 is 0 Å². The lowest BCUT2D eigenvalue weighted by atomic mass is 9.98. The second kappa shape index (κ2) is 8.42. The SMILES string of the molecule is CC(C)OCCN1C(=O)C(=O)/C(=C(\O)c2ccc3ccccc3c2)C1c1cccs1. The summed E-state index contributed by atoms with van der Waals surface area (Å²) in [7, 11) is 0. The number of likely N-dealkylation sites (tertiary alicyclic amines) is 1. The minimum absolute atomic E-state index is 0.0274. The van der Waals surface area contributed by atoms with E-state index in [0.717, 1.165) is 15.6 Å². The Labute approximate surface area is 179 Å². The van der Waals surface area contributed by atoms with E-state index in [1.54, 1.807) is 6.07 Å². The van der Waals surface area contributed by atoms with Crippen molar-refractivity contribution in [1.29, 1.82) is 0 Å². The van der Waals surface area contributed by atoms with E-state index in [-0.39, 0.29) is 24.0 Å². The van der Waals surface area contributed by atoms with Crippen molar-refractivity contribution in [1.82, 2.24) is 4.90 Å². The first-order valence-corrected chi connectivity index (χ1v) is 10.8. The summed E-state index contributed by atoms with van der Waals surface area (Å²) in [5.41, 5.74) is 0.647. The molecule has 1 N–H and O–H groups in total. The molecule has 1 aliphatic heterocycles. The van der Waals surface area contributed by atoms with E-state index in [2.05, 4.69) is 0 Å². The summed E-state index contributed by atoms with van der Waals surface area (Å²) in [6, 6.07) is 16.5. The van der Waals surface area contributed by atoms with Crippen LogP contribution in [-0.2, 0) is 14.3 Å². The quantitative estimate of drug-likeness (QED) is 0.354. The molecule has 30 heavy (non-hydrogen) atoms. The third-order valence-electron chi connectivity index (χ3n) is 5.16. The van der Waals surface area contributed by atoms with Crippen LogP contribution in [0.15, 0.2) is 65.6 Å². The molecule has 1 amide bonds. The number of rotatable bonds is 6. The highest BCUT2D eigenvalue weighted by Crippen LogP contribution is 2.41. The number of carbonyl (C=O) groups is 2. The number of Topliss-reactive ketones (excluding diaryl/α,β-unsaturated/α-hetero) is 1. The van der Waals surface area contributed by atoms with Crippen LogP contribution in [0.4, 0.5) is 0 Å². The van der Waals surface area contributed by atoms with Crippen molar-refractivity contribution in [3.8, 4) is 0 Å². The van der Waals surface area contributed by atoms with Crippen molar-refractivity contribution in [2.75, 3.05) is 13.2 Å². The molecule has 0 aliphatic carbocycles. The maximum absolute atomic E-state index is 13.0. The molecule has 2 heterocycles. The number of nitrogens with zero attached hydrogens (tertiary/aromatic N) is 1. The summed E-state index contributed by atoms with van der Waals surface area (Å²) in [4.78, 5) is 28.1. The number of hydrogen-bond donors (Lipinski definition) is 1. The largest absolute Gasteiger partial charge is 0.507 e. The monoisotopic (exact) mass is 421 g/mol. The summed E-state index contributed by atoms with van der Waals surface area (Å²) in [5.74, 6) is -1.42. The lowest BCUT2D eigenvalue weighted by Crippen LogP contribution is -2.33. The van der Waals surface area contributed by atoms with Crippen LogP contribution in [0.25, 0.3) is 16.5 Å². The van der Waals surface area contributed by atoms with Gasteiger partial charge < -0.3 is 14.7 Å². The Morgan fingerprint density at radius 3 is 2.57 bits per heavy atom. The lowest BCUT2D eigenvalue weighted by molar-refractivity contribution is -0.140. The van der Waals surface area contributed by atoms with Crippen molar-refractivity contribution in [3.63, 3.8) is 0 Å². The zero-order valence-electron chi connectivity index (χ0n) is 16.9. The third kappa shape index (κ3) is 3.76. The van der Waals surface area contributed by atoms with Crippen LogP contribution in [0, 0.1) is 0 Å². The minimum Gasteiger partial charge on any atom is -0.507 e. The van der Waals surface area contributed by atoms with E-state index in [1.165, 1.54) is 16.2 Å². The number of amides is 1. The van der Waals surface area contributed by atoms with E-state index in [4.69, 9.17) is 4.74 Å². The Morgan fingerprint density at radius 1 is 1.10 bits per heavy atom. The molecule has 3 aromatic rings. The predicted molar refractivity (Wildman–Crippen MR) is 118 cm³/mol. The molecule has 1 fully saturated rings. The normalized spacial score (nSPS) is 18.6. The van der Waals surface area contributed by atoms with Crippen LogP contribution in [0.5, 0.6) is 0 Å². The lowest BCUT2D eigenvalue weighted by Gasteiger charge is -2.24. The summed E-state index contributed by atoms with van der Waals surface area (Å²) in [6.07, 6.45) is 0.0274. The fraction of sp³-hybridized carbons (Fsp3) is 0.250. The van der Waals surface area contributed by atoms with Crippen LogP contribution in [-0.4, -0.2) is 41.0 Å². The summed E-state index contributed by atoms with van der Waals surface area (Å²) >= 11 is 1.45. The van der Waals surface area contributed by atoms with E-state index < -0.39 is 17.7 Å². The Morgan fingerprint density at radius 2 is 1.87 bits per heavy atom. The number of aliphatic hydroxyl groups is 1. The van der Waals surface area contributed by atoms with Crippen molar-refractivity contribution in [2.45, 2.75) is 26.0 Å². The second-order valence-electron chi connectivity index (χ2n) is 7.49. The maximum atomic E-state index is 13.0. The zero-order valence-corrected chi connectivity index (χ0v) is 17.7. The standard InChI is InChI=1S/C24H23NO4S/c1-15(2)29-12-11-25-21(19-8-5-13-30-19)20(23(27)24(25)28)22(26)18-10-9-16-6-3-4-7-17(16)14-18/h3-10,13-15,21,26H,11-12H2,1-2H3/b22-20-. The van der Waals surface area contributed by atoms with Crippen molar-refractivity contribution >= 4 is 39.6 Å². The first kappa shape index (κ1) is 20.3. The highest BCUT2D eigenvalue weighted by atomic mass is 32.1. The Kier molecular flexibility index (Phi) is 5.70. The molecule has 6 heteroatoms. The highest BCUT2D eigenvalue weighted by Gasteiger charge is 2.46. The number of ketones is 1. The molecular formula is C24H23NO4S. The van der Waals surface area contributed by atoms with Crippen LogP contribution in [0.2, 0.25) is 0 Å². The smallest absolute Gasteiger partial charge is 0.295 e. The average molecular weight is 422 g/mol. The highest BCUT2D eigenvalue weighted by molar-refractivity contribution is 7.10. The number of carbonyl (C=O) groups excluding carboxylic acids is 2. The van der Waals surface area contributed by atoms with Gasteiger partial charge in [-0.3, -0.25) is 9.59 Å². The van der Waals surface area contributed by atoms with Gasteiger partial charge in [-0.05, 0) is 42.1 Å². The van der Waals surface area contributed by atoms with Crippen LogP contribution < -0.4 is 0 Å². The van der Waals surface area contributed by atoms with Gasteiger partial charge in [0.2, 0.25) is 0 Å². The van der Waals surface area contributed by atoms with Crippen LogP contribution >= 0.6 is 11.3 Å². The molecule has 1 atom stereocenters. The Bertz CT molecular complexity index is 1120. The topological polar surface area (TPSA) is 66.8 Å². The second-order valence-corrected chi connectivity index (χ2v) is 8.47. The fourth-order valence-electron chi connectivity index (χ4n) is 3.73. The molecule has 1 aromatic heterocycles. The van der Waals surface area contributed by atoms with Gasteiger partial charge in [0.1, 0.15) is 5.76 Å². The summed E-state index contributed by atoms with van der Waals surface area (Å²) < 4.78 is 5.60. The van der Waals surface area contributed by atoms with Gasteiger partial charge in [-0.2, -0.15) is 0 Å².